The molecule has 86 valence electrons. The maximum Gasteiger partial charge on any atom is 0.123 e. The summed E-state index contributed by atoms with van der Waals surface area (Å²) in [6, 6.07) is 4.90. The summed E-state index contributed by atoms with van der Waals surface area (Å²) >= 11 is 0. The van der Waals surface area contributed by atoms with Crippen molar-refractivity contribution in [2.75, 3.05) is 6.61 Å². The number of ether oxygens (including phenoxy) is 1. The molecule has 0 aliphatic carbocycles. The van der Waals surface area contributed by atoms with Crippen LogP contribution in [0, 0.1) is 5.82 Å². The van der Waals surface area contributed by atoms with Gasteiger partial charge in [-0.15, -0.1) is 0 Å². The Morgan fingerprint density at radius 3 is 2.81 bits per heavy atom. The number of aromatic nitrogens is 1. The van der Waals surface area contributed by atoms with Crippen molar-refractivity contribution < 1.29 is 9.13 Å². The Bertz CT molecular complexity index is 490. The third-order valence-corrected chi connectivity index (χ3v) is 2.73. The first-order valence-corrected chi connectivity index (χ1v) is 5.61. The predicted octanol–water partition coefficient (Wildman–Crippen LogP) is 3.34. The number of hydrogen-bond acceptors (Lipinski definition) is 1. The zero-order valence-electron chi connectivity index (χ0n) is 9.66. The predicted molar refractivity (Wildman–Crippen MR) is 62.9 cm³/mol. The first-order valence-electron chi connectivity index (χ1n) is 5.61. The summed E-state index contributed by atoms with van der Waals surface area (Å²) < 4.78 is 20.7. The van der Waals surface area contributed by atoms with Crippen LogP contribution in [-0.2, 0) is 17.9 Å². The molecule has 0 fully saturated rings. The minimum absolute atomic E-state index is 0.195. The highest BCUT2D eigenvalue weighted by molar-refractivity contribution is 5.84. The Kier molecular flexibility index (Phi) is 3.25. The first kappa shape index (κ1) is 11.1. The Balaban J connectivity index is 2.50. The molecular weight excluding hydrogens is 205 g/mol. The standard InChI is InChI=1S/C13H16FNO/c1-3-15-8-10(9-16-4-2)12-7-11(14)5-6-13(12)15/h5-8H,3-4,9H2,1-2H3. The largest absolute Gasteiger partial charge is 0.377 e. The molecule has 0 aliphatic heterocycles. The second-order valence-corrected chi connectivity index (χ2v) is 3.74. The summed E-state index contributed by atoms with van der Waals surface area (Å²) in [4.78, 5) is 0. The highest BCUT2D eigenvalue weighted by atomic mass is 19.1. The van der Waals surface area contributed by atoms with E-state index < -0.39 is 0 Å². The molecule has 0 amide bonds. The second kappa shape index (κ2) is 4.66. The molecule has 1 aromatic heterocycles. The van der Waals surface area contributed by atoms with E-state index in [1.54, 1.807) is 6.07 Å². The fourth-order valence-corrected chi connectivity index (χ4v) is 1.93. The summed E-state index contributed by atoms with van der Waals surface area (Å²) in [7, 11) is 0. The quantitative estimate of drug-likeness (QED) is 0.772. The smallest absolute Gasteiger partial charge is 0.123 e. The van der Waals surface area contributed by atoms with Gasteiger partial charge in [0.2, 0.25) is 0 Å². The van der Waals surface area contributed by atoms with E-state index in [2.05, 4.69) is 11.5 Å². The lowest BCUT2D eigenvalue weighted by Gasteiger charge is -1.99. The molecule has 2 aromatic rings. The topological polar surface area (TPSA) is 14.2 Å². The highest BCUT2D eigenvalue weighted by Crippen LogP contribution is 2.23. The van der Waals surface area contributed by atoms with E-state index in [-0.39, 0.29) is 5.82 Å². The van der Waals surface area contributed by atoms with E-state index in [0.29, 0.717) is 13.2 Å². The molecule has 0 bridgehead atoms. The lowest BCUT2D eigenvalue weighted by atomic mass is 10.2. The zero-order chi connectivity index (χ0) is 11.5. The number of nitrogens with zero attached hydrogens (tertiary/aromatic N) is 1. The Morgan fingerprint density at radius 1 is 1.31 bits per heavy atom. The summed E-state index contributed by atoms with van der Waals surface area (Å²) in [5, 5.41) is 0.954. The summed E-state index contributed by atoms with van der Waals surface area (Å²) in [5.74, 6) is -0.195. The van der Waals surface area contributed by atoms with Gasteiger partial charge in [0, 0.05) is 35.8 Å². The lowest BCUT2D eigenvalue weighted by molar-refractivity contribution is 0.135. The molecule has 0 saturated carbocycles. The van der Waals surface area contributed by atoms with Crippen molar-refractivity contribution in [1.82, 2.24) is 4.57 Å². The van der Waals surface area contributed by atoms with Gasteiger partial charge in [0.05, 0.1) is 6.61 Å². The van der Waals surface area contributed by atoms with Crippen LogP contribution in [-0.4, -0.2) is 11.2 Å². The van der Waals surface area contributed by atoms with E-state index in [1.165, 1.54) is 6.07 Å². The van der Waals surface area contributed by atoms with Crippen LogP contribution in [0.25, 0.3) is 10.9 Å². The van der Waals surface area contributed by atoms with Crippen LogP contribution in [0.15, 0.2) is 24.4 Å². The molecule has 1 aromatic carbocycles. The number of rotatable bonds is 4. The molecule has 16 heavy (non-hydrogen) atoms. The van der Waals surface area contributed by atoms with Crippen molar-refractivity contribution in [3.63, 3.8) is 0 Å². The number of hydrogen-bond donors (Lipinski definition) is 0. The van der Waals surface area contributed by atoms with Crippen molar-refractivity contribution in [1.29, 1.82) is 0 Å². The lowest BCUT2D eigenvalue weighted by Crippen LogP contribution is -1.91. The third kappa shape index (κ3) is 1.95. The van der Waals surface area contributed by atoms with Crippen LogP contribution in [0.1, 0.15) is 19.4 Å². The SMILES string of the molecule is CCOCc1cn(CC)c2ccc(F)cc12. The minimum Gasteiger partial charge on any atom is -0.377 e. The molecule has 0 saturated heterocycles. The van der Waals surface area contributed by atoms with E-state index in [0.717, 1.165) is 23.0 Å². The number of benzene rings is 1. The van der Waals surface area contributed by atoms with Gasteiger partial charge in [-0.3, -0.25) is 0 Å². The molecule has 2 rings (SSSR count). The van der Waals surface area contributed by atoms with Crippen molar-refractivity contribution >= 4 is 10.9 Å². The van der Waals surface area contributed by atoms with E-state index in [1.807, 2.05) is 19.2 Å². The Labute approximate surface area is 94.6 Å². The molecule has 0 atom stereocenters. The molecule has 0 spiro atoms. The molecule has 3 heteroatoms. The molecule has 1 heterocycles. The van der Waals surface area contributed by atoms with E-state index in [4.69, 9.17) is 4.74 Å². The van der Waals surface area contributed by atoms with Gasteiger partial charge in [-0.1, -0.05) is 0 Å². The van der Waals surface area contributed by atoms with Crippen LogP contribution in [0.5, 0.6) is 0 Å². The molecule has 2 nitrogen and oxygen atoms in total. The van der Waals surface area contributed by atoms with Crippen molar-refractivity contribution in [2.45, 2.75) is 27.0 Å². The highest BCUT2D eigenvalue weighted by Gasteiger charge is 2.08. The fraction of sp³-hybridized carbons (Fsp3) is 0.385. The van der Waals surface area contributed by atoms with Gasteiger partial charge in [0.25, 0.3) is 0 Å². The normalized spacial score (nSPS) is 11.2. The average molecular weight is 221 g/mol. The van der Waals surface area contributed by atoms with Gasteiger partial charge >= 0.3 is 0 Å². The summed E-state index contributed by atoms with van der Waals surface area (Å²) in [5.41, 5.74) is 2.12. The van der Waals surface area contributed by atoms with Gasteiger partial charge in [-0.05, 0) is 32.0 Å². The number of fused-ring (bicyclic) bond motifs is 1. The third-order valence-electron chi connectivity index (χ3n) is 2.73. The fourth-order valence-electron chi connectivity index (χ4n) is 1.93. The van der Waals surface area contributed by atoms with Gasteiger partial charge < -0.3 is 9.30 Å². The van der Waals surface area contributed by atoms with E-state index >= 15 is 0 Å². The van der Waals surface area contributed by atoms with Crippen molar-refractivity contribution in [2.24, 2.45) is 0 Å². The molecule has 0 unspecified atom stereocenters. The van der Waals surface area contributed by atoms with Crippen LogP contribution in [0.3, 0.4) is 0 Å². The van der Waals surface area contributed by atoms with Crippen LogP contribution >= 0.6 is 0 Å². The molecule has 0 radical (unpaired) electrons. The molecular formula is C13H16FNO. The van der Waals surface area contributed by atoms with Crippen LogP contribution in [0.4, 0.5) is 4.39 Å². The van der Waals surface area contributed by atoms with Crippen LogP contribution in [0.2, 0.25) is 0 Å². The summed E-state index contributed by atoms with van der Waals surface area (Å²) in [6.45, 7) is 6.14. The first-order chi connectivity index (χ1) is 7.76. The van der Waals surface area contributed by atoms with Gasteiger partial charge in [0.15, 0.2) is 0 Å². The van der Waals surface area contributed by atoms with Crippen LogP contribution < -0.4 is 0 Å². The van der Waals surface area contributed by atoms with Crippen molar-refractivity contribution in [3.05, 3.63) is 35.8 Å². The number of halogens is 1. The van der Waals surface area contributed by atoms with Crippen molar-refractivity contribution in [3.8, 4) is 0 Å². The maximum absolute atomic E-state index is 13.2. The monoisotopic (exact) mass is 221 g/mol. The summed E-state index contributed by atoms with van der Waals surface area (Å²) in [6.07, 6.45) is 2.04. The molecule has 0 aliphatic rings. The Morgan fingerprint density at radius 2 is 2.12 bits per heavy atom. The number of aryl methyl sites for hydroxylation is 1. The maximum atomic E-state index is 13.2. The Hall–Kier alpha value is -1.35. The average Bonchev–Trinajstić information content (AvgIpc) is 2.64. The van der Waals surface area contributed by atoms with Gasteiger partial charge in [-0.25, -0.2) is 4.39 Å². The molecule has 0 N–H and O–H groups in total. The van der Waals surface area contributed by atoms with Gasteiger partial charge in [0.1, 0.15) is 5.82 Å². The second-order valence-electron chi connectivity index (χ2n) is 3.74. The van der Waals surface area contributed by atoms with Gasteiger partial charge in [-0.2, -0.15) is 0 Å². The zero-order valence-corrected chi connectivity index (χ0v) is 9.66. The van der Waals surface area contributed by atoms with E-state index in [9.17, 15) is 4.39 Å². The minimum atomic E-state index is -0.195.